The van der Waals surface area contributed by atoms with Crippen LogP contribution >= 0.6 is 0 Å². The van der Waals surface area contributed by atoms with Gasteiger partial charge in [0.25, 0.3) is 0 Å². The number of hydrogen-bond donors (Lipinski definition) is 0. The van der Waals surface area contributed by atoms with E-state index in [-0.39, 0.29) is 5.54 Å². The number of fused-ring (bicyclic) bond motifs is 1. The van der Waals surface area contributed by atoms with E-state index in [1.807, 2.05) is 12.3 Å². The summed E-state index contributed by atoms with van der Waals surface area (Å²) in [6.45, 7) is 6.50. The molecule has 2 heterocycles. The normalized spacial score (nSPS) is 12.2. The fourth-order valence-electron chi connectivity index (χ4n) is 1.46. The second kappa shape index (κ2) is 2.55. The molecule has 3 nitrogen and oxygen atoms in total. The van der Waals surface area contributed by atoms with Crippen LogP contribution in [0.1, 0.15) is 20.8 Å². The summed E-state index contributed by atoms with van der Waals surface area (Å²) in [4.78, 5) is 8.21. The smallest absolute Gasteiger partial charge is 0.116 e. The van der Waals surface area contributed by atoms with Crippen LogP contribution in [0.5, 0.6) is 0 Å². The quantitative estimate of drug-likeness (QED) is 0.614. The molecule has 68 valence electrons. The Labute approximate surface area is 77.4 Å². The molecule has 3 heteroatoms. The van der Waals surface area contributed by atoms with Crippen molar-refractivity contribution in [3.05, 3.63) is 24.8 Å². The van der Waals surface area contributed by atoms with Gasteiger partial charge < -0.3 is 4.57 Å². The molecular weight excluding hydrogens is 162 g/mol. The highest BCUT2D eigenvalue weighted by Crippen LogP contribution is 2.21. The van der Waals surface area contributed by atoms with Crippen molar-refractivity contribution in [1.29, 1.82) is 0 Å². The summed E-state index contributed by atoms with van der Waals surface area (Å²) >= 11 is 0. The van der Waals surface area contributed by atoms with Gasteiger partial charge in [-0.15, -0.1) is 0 Å². The lowest BCUT2D eigenvalue weighted by Crippen LogP contribution is -2.20. The van der Waals surface area contributed by atoms with Crippen molar-refractivity contribution in [1.82, 2.24) is 14.5 Å². The minimum Gasteiger partial charge on any atom is -0.340 e. The topological polar surface area (TPSA) is 30.7 Å². The van der Waals surface area contributed by atoms with Crippen molar-refractivity contribution in [3.63, 3.8) is 0 Å². The molecule has 2 rings (SSSR count). The molecule has 0 bridgehead atoms. The highest BCUT2D eigenvalue weighted by Gasteiger charge is 2.14. The molecule has 0 aliphatic carbocycles. The molecule has 0 aliphatic rings. The first-order valence-electron chi connectivity index (χ1n) is 4.36. The summed E-state index contributed by atoms with van der Waals surface area (Å²) < 4.78 is 2.18. The van der Waals surface area contributed by atoms with E-state index in [1.165, 1.54) is 0 Å². The molecule has 2 aromatic rings. The maximum absolute atomic E-state index is 4.18. The van der Waals surface area contributed by atoms with Crippen LogP contribution in [-0.4, -0.2) is 14.5 Å². The Morgan fingerprint density at radius 3 is 2.77 bits per heavy atom. The van der Waals surface area contributed by atoms with E-state index >= 15 is 0 Å². The van der Waals surface area contributed by atoms with Crippen molar-refractivity contribution in [2.75, 3.05) is 0 Å². The predicted octanol–water partition coefficient (Wildman–Crippen LogP) is 2.19. The number of nitrogens with zero attached hydrogens (tertiary/aromatic N) is 3. The number of aromatic nitrogens is 3. The van der Waals surface area contributed by atoms with Gasteiger partial charge in [-0.3, -0.25) is 0 Å². The molecule has 2 aromatic heterocycles. The second-order valence-corrected chi connectivity index (χ2v) is 4.15. The van der Waals surface area contributed by atoms with E-state index in [2.05, 4.69) is 41.5 Å². The lowest BCUT2D eigenvalue weighted by molar-refractivity contribution is 0.410. The third-order valence-electron chi connectivity index (χ3n) is 2.09. The fraction of sp³-hybridized carbons (Fsp3) is 0.400. The summed E-state index contributed by atoms with van der Waals surface area (Å²) in [5.74, 6) is 0. The molecule has 0 fully saturated rings. The minimum absolute atomic E-state index is 0.0897. The van der Waals surface area contributed by atoms with Crippen molar-refractivity contribution in [2.24, 2.45) is 0 Å². The first-order valence-corrected chi connectivity index (χ1v) is 4.36. The van der Waals surface area contributed by atoms with Crippen LogP contribution in [0.2, 0.25) is 0 Å². The van der Waals surface area contributed by atoms with Crippen molar-refractivity contribution in [2.45, 2.75) is 26.3 Å². The van der Waals surface area contributed by atoms with Gasteiger partial charge in [-0.05, 0) is 26.8 Å². The zero-order chi connectivity index (χ0) is 9.47. The second-order valence-electron chi connectivity index (χ2n) is 4.15. The molecule has 0 aromatic carbocycles. The molecule has 13 heavy (non-hydrogen) atoms. The SMILES string of the molecule is CC(C)(C)n1ccc2ncncc21. The highest BCUT2D eigenvalue weighted by atomic mass is 15.1. The van der Waals surface area contributed by atoms with Crippen molar-refractivity contribution in [3.8, 4) is 0 Å². The molecule has 0 unspecified atom stereocenters. The van der Waals surface area contributed by atoms with Gasteiger partial charge in [-0.25, -0.2) is 9.97 Å². The summed E-state index contributed by atoms with van der Waals surface area (Å²) in [5.41, 5.74) is 2.19. The monoisotopic (exact) mass is 175 g/mol. The number of hydrogen-bond acceptors (Lipinski definition) is 2. The van der Waals surface area contributed by atoms with E-state index in [0.29, 0.717) is 0 Å². The standard InChI is InChI=1S/C10H13N3/c1-10(2,3)13-5-4-8-9(13)6-11-7-12-8/h4-7H,1-3H3. The van der Waals surface area contributed by atoms with Crippen LogP contribution in [0.15, 0.2) is 24.8 Å². The molecule has 0 saturated carbocycles. The highest BCUT2D eigenvalue weighted by molar-refractivity contribution is 5.74. The predicted molar refractivity (Wildman–Crippen MR) is 52.5 cm³/mol. The van der Waals surface area contributed by atoms with Crippen LogP contribution in [-0.2, 0) is 5.54 Å². The molecule has 0 saturated heterocycles. The molecule has 0 N–H and O–H groups in total. The largest absolute Gasteiger partial charge is 0.340 e. The van der Waals surface area contributed by atoms with E-state index in [4.69, 9.17) is 0 Å². The molecule has 0 radical (unpaired) electrons. The Balaban J connectivity index is 2.72. The maximum Gasteiger partial charge on any atom is 0.116 e. The van der Waals surface area contributed by atoms with Gasteiger partial charge in [-0.2, -0.15) is 0 Å². The molecule has 0 aliphatic heterocycles. The molecule has 0 atom stereocenters. The zero-order valence-corrected chi connectivity index (χ0v) is 8.15. The van der Waals surface area contributed by atoms with Gasteiger partial charge in [0.05, 0.1) is 17.2 Å². The first kappa shape index (κ1) is 8.23. The Bertz CT molecular complexity index is 423. The Morgan fingerprint density at radius 1 is 1.31 bits per heavy atom. The molecular formula is C10H13N3. The number of rotatable bonds is 0. The Morgan fingerprint density at radius 2 is 2.08 bits per heavy atom. The van der Waals surface area contributed by atoms with Crippen LogP contribution in [0, 0.1) is 0 Å². The van der Waals surface area contributed by atoms with Gasteiger partial charge in [-0.1, -0.05) is 0 Å². The summed E-state index contributed by atoms with van der Waals surface area (Å²) in [7, 11) is 0. The van der Waals surface area contributed by atoms with Crippen LogP contribution < -0.4 is 0 Å². The summed E-state index contributed by atoms with van der Waals surface area (Å²) in [6.07, 6.45) is 5.49. The molecule has 0 amide bonds. The maximum atomic E-state index is 4.18. The van der Waals surface area contributed by atoms with Crippen LogP contribution in [0.3, 0.4) is 0 Å². The summed E-state index contributed by atoms with van der Waals surface area (Å²) in [6, 6.07) is 2.02. The van der Waals surface area contributed by atoms with E-state index in [9.17, 15) is 0 Å². The minimum atomic E-state index is 0.0897. The van der Waals surface area contributed by atoms with Gasteiger partial charge in [0.1, 0.15) is 6.33 Å². The summed E-state index contributed by atoms with van der Waals surface area (Å²) in [5, 5.41) is 0. The average Bonchev–Trinajstić information content (AvgIpc) is 2.45. The van der Waals surface area contributed by atoms with Crippen LogP contribution in [0.25, 0.3) is 11.0 Å². The van der Waals surface area contributed by atoms with Crippen LogP contribution in [0.4, 0.5) is 0 Å². The van der Waals surface area contributed by atoms with Crippen molar-refractivity contribution >= 4 is 11.0 Å². The van der Waals surface area contributed by atoms with Crippen molar-refractivity contribution < 1.29 is 0 Å². The zero-order valence-electron chi connectivity index (χ0n) is 8.15. The van der Waals surface area contributed by atoms with Gasteiger partial charge in [0.15, 0.2) is 0 Å². The van der Waals surface area contributed by atoms with E-state index in [0.717, 1.165) is 11.0 Å². The lowest BCUT2D eigenvalue weighted by Gasteiger charge is -2.22. The fourth-order valence-corrected chi connectivity index (χ4v) is 1.46. The van der Waals surface area contributed by atoms with E-state index < -0.39 is 0 Å². The van der Waals surface area contributed by atoms with Gasteiger partial charge in [0, 0.05) is 11.7 Å². The van der Waals surface area contributed by atoms with E-state index in [1.54, 1.807) is 6.33 Å². The first-order chi connectivity index (χ1) is 6.09. The third-order valence-corrected chi connectivity index (χ3v) is 2.09. The van der Waals surface area contributed by atoms with Gasteiger partial charge in [0.2, 0.25) is 0 Å². The third kappa shape index (κ3) is 1.30. The lowest BCUT2D eigenvalue weighted by atomic mass is 10.1. The average molecular weight is 175 g/mol. The molecule has 0 spiro atoms. The Hall–Kier alpha value is -1.38. The Kier molecular flexibility index (Phi) is 1.62. The van der Waals surface area contributed by atoms with Gasteiger partial charge >= 0.3 is 0 Å².